The van der Waals surface area contributed by atoms with Crippen LogP contribution >= 0.6 is 0 Å². The molecule has 5 rings (SSSR count). The summed E-state index contributed by atoms with van der Waals surface area (Å²) in [4.78, 5) is 26.1. The second kappa shape index (κ2) is 9.40. The summed E-state index contributed by atoms with van der Waals surface area (Å²) in [6.07, 6.45) is 2.41. The number of amides is 1. The lowest BCUT2D eigenvalue weighted by Gasteiger charge is -2.12. The number of hydrogen-bond donors (Lipinski definition) is 2. The average molecular weight is 502 g/mol. The molecular formula is C27H24FN5O4. The Kier molecular flexibility index (Phi) is 6.10. The van der Waals surface area contributed by atoms with E-state index in [4.69, 9.17) is 4.74 Å². The van der Waals surface area contributed by atoms with Gasteiger partial charge in [0.05, 0.1) is 23.7 Å². The van der Waals surface area contributed by atoms with Crippen LogP contribution in [0.5, 0.6) is 11.5 Å². The van der Waals surface area contributed by atoms with E-state index < -0.39 is 23.4 Å². The molecule has 2 N–H and O–H groups in total. The van der Waals surface area contributed by atoms with Gasteiger partial charge in [-0.25, -0.2) is 13.6 Å². The van der Waals surface area contributed by atoms with Crippen molar-refractivity contribution < 1.29 is 19.0 Å². The second-order valence-corrected chi connectivity index (χ2v) is 8.57. The van der Waals surface area contributed by atoms with Crippen LogP contribution in [0, 0.1) is 12.7 Å². The Hall–Kier alpha value is -4.70. The van der Waals surface area contributed by atoms with Crippen molar-refractivity contribution in [2.45, 2.75) is 20.0 Å². The molecule has 188 valence electrons. The predicted molar refractivity (Wildman–Crippen MR) is 136 cm³/mol. The molecule has 9 nitrogen and oxygen atoms in total. The second-order valence-electron chi connectivity index (χ2n) is 8.57. The van der Waals surface area contributed by atoms with E-state index in [2.05, 4.69) is 10.4 Å². The number of rotatable bonds is 6. The van der Waals surface area contributed by atoms with Crippen molar-refractivity contribution in [3.8, 4) is 17.2 Å². The summed E-state index contributed by atoms with van der Waals surface area (Å²) < 4.78 is 25.3. The number of nitrogens with one attached hydrogen (secondary N) is 1. The zero-order chi connectivity index (χ0) is 26.3. The normalized spacial score (nSPS) is 12.0. The van der Waals surface area contributed by atoms with Crippen LogP contribution in [0.25, 0.3) is 11.2 Å². The molecule has 0 aliphatic carbocycles. The molecule has 0 saturated carbocycles. The minimum atomic E-state index is -0.771. The molecular weight excluding hydrogens is 477 g/mol. The summed E-state index contributed by atoms with van der Waals surface area (Å²) in [7, 11) is 1.69. The van der Waals surface area contributed by atoms with E-state index in [0.717, 1.165) is 6.07 Å². The fourth-order valence-electron chi connectivity index (χ4n) is 4.26. The van der Waals surface area contributed by atoms with Gasteiger partial charge in [-0.05, 0) is 44.2 Å². The van der Waals surface area contributed by atoms with Gasteiger partial charge in [-0.3, -0.25) is 14.3 Å². The van der Waals surface area contributed by atoms with Crippen molar-refractivity contribution in [1.29, 1.82) is 0 Å². The van der Waals surface area contributed by atoms with Gasteiger partial charge in [0.25, 0.3) is 11.5 Å². The van der Waals surface area contributed by atoms with Gasteiger partial charge in [-0.15, -0.1) is 0 Å². The average Bonchev–Trinajstić information content (AvgIpc) is 3.41. The third kappa shape index (κ3) is 4.27. The smallest absolute Gasteiger partial charge is 0.284 e. The molecule has 37 heavy (non-hydrogen) atoms. The maximum absolute atomic E-state index is 15.0. The van der Waals surface area contributed by atoms with Crippen molar-refractivity contribution in [2.75, 3.05) is 5.32 Å². The maximum atomic E-state index is 15.0. The van der Waals surface area contributed by atoms with Crippen LogP contribution < -0.4 is 15.6 Å². The molecule has 3 heterocycles. The largest absolute Gasteiger partial charge is 0.452 e. The number of benzene rings is 2. The third-order valence-corrected chi connectivity index (χ3v) is 6.19. The van der Waals surface area contributed by atoms with Crippen molar-refractivity contribution in [3.05, 3.63) is 106 Å². The maximum Gasteiger partial charge on any atom is 0.284 e. The van der Waals surface area contributed by atoms with Crippen LogP contribution in [0.3, 0.4) is 0 Å². The van der Waals surface area contributed by atoms with Gasteiger partial charge in [0.15, 0.2) is 17.3 Å². The summed E-state index contributed by atoms with van der Waals surface area (Å²) in [5, 5.41) is 16.8. The molecule has 1 unspecified atom stereocenters. The van der Waals surface area contributed by atoms with Gasteiger partial charge in [-0.1, -0.05) is 18.2 Å². The van der Waals surface area contributed by atoms with Crippen LogP contribution in [0.2, 0.25) is 0 Å². The van der Waals surface area contributed by atoms with Crippen molar-refractivity contribution in [1.82, 2.24) is 19.0 Å². The van der Waals surface area contributed by atoms with Crippen molar-refractivity contribution >= 4 is 17.1 Å². The molecule has 3 aromatic heterocycles. The van der Waals surface area contributed by atoms with E-state index in [-0.39, 0.29) is 17.0 Å². The standard InChI is InChI=1S/C27H24FN5O4/c1-16-24(27(36)33(31(16)3)19-7-5-4-6-8-19)26(35)30-18-9-10-22(21(28)15-18)37-23-11-13-29-32-14-12-20(17(2)34)25(23)32/h4-15,17,34H,1-3H3,(H,30,35). The number of carbonyl (C=O) groups excluding carboxylic acids is 1. The molecule has 5 aromatic rings. The first-order valence-corrected chi connectivity index (χ1v) is 11.5. The number of fused-ring (bicyclic) bond motifs is 1. The molecule has 0 spiro atoms. The highest BCUT2D eigenvalue weighted by atomic mass is 19.1. The molecule has 2 aromatic carbocycles. The molecule has 1 atom stereocenters. The van der Waals surface area contributed by atoms with Gasteiger partial charge < -0.3 is 15.2 Å². The Balaban J connectivity index is 1.41. The number of anilines is 1. The van der Waals surface area contributed by atoms with Crippen LogP contribution in [0.1, 0.15) is 34.6 Å². The highest BCUT2D eigenvalue weighted by Gasteiger charge is 2.23. The fraction of sp³-hybridized carbons (Fsp3) is 0.148. The number of aromatic nitrogens is 4. The number of hydrogen-bond acceptors (Lipinski definition) is 5. The molecule has 0 aliphatic rings. The predicted octanol–water partition coefficient (Wildman–Crippen LogP) is 4.37. The Morgan fingerprint density at radius 1 is 1.11 bits per heavy atom. The molecule has 10 heteroatoms. The number of aliphatic hydroxyl groups is 1. The number of para-hydroxylation sites is 1. The van der Waals surface area contributed by atoms with E-state index >= 15 is 4.39 Å². The van der Waals surface area contributed by atoms with E-state index in [1.54, 1.807) is 68.2 Å². The first kappa shape index (κ1) is 24.0. The Bertz CT molecular complexity index is 1680. The lowest BCUT2D eigenvalue weighted by molar-refractivity contribution is 0.102. The van der Waals surface area contributed by atoms with Crippen molar-refractivity contribution in [2.24, 2.45) is 7.05 Å². The third-order valence-electron chi connectivity index (χ3n) is 6.19. The van der Waals surface area contributed by atoms with Crippen LogP contribution in [-0.4, -0.2) is 30.0 Å². The van der Waals surface area contributed by atoms with Crippen LogP contribution in [-0.2, 0) is 7.05 Å². The summed E-state index contributed by atoms with van der Waals surface area (Å²) in [5.41, 5.74) is 1.84. The summed E-state index contributed by atoms with van der Waals surface area (Å²) >= 11 is 0. The van der Waals surface area contributed by atoms with Crippen molar-refractivity contribution in [3.63, 3.8) is 0 Å². The van der Waals surface area contributed by atoms with Crippen LogP contribution in [0.4, 0.5) is 10.1 Å². The summed E-state index contributed by atoms with van der Waals surface area (Å²) in [5.74, 6) is -1.13. The number of ether oxygens (including phenoxy) is 1. The summed E-state index contributed by atoms with van der Waals surface area (Å²) in [6.45, 7) is 3.29. The highest BCUT2D eigenvalue weighted by molar-refractivity contribution is 6.05. The molecule has 1 amide bonds. The lowest BCUT2D eigenvalue weighted by atomic mass is 10.1. The molecule has 0 radical (unpaired) electrons. The molecule has 0 fully saturated rings. The van der Waals surface area contributed by atoms with Gasteiger partial charge in [0, 0.05) is 36.6 Å². The van der Waals surface area contributed by atoms with Crippen LogP contribution in [0.15, 0.2) is 77.9 Å². The van der Waals surface area contributed by atoms with E-state index in [1.165, 1.54) is 27.5 Å². The number of halogens is 1. The highest BCUT2D eigenvalue weighted by Crippen LogP contribution is 2.33. The molecule has 0 saturated heterocycles. The minimum Gasteiger partial charge on any atom is -0.452 e. The SMILES string of the molecule is Cc1c(C(=O)Nc2ccc(Oc3ccnn4ccc(C(C)O)c34)c(F)c2)c(=O)n(-c2ccccc2)n1C. The van der Waals surface area contributed by atoms with E-state index in [0.29, 0.717) is 28.2 Å². The zero-order valence-corrected chi connectivity index (χ0v) is 20.3. The van der Waals surface area contributed by atoms with Gasteiger partial charge in [0.2, 0.25) is 0 Å². The van der Waals surface area contributed by atoms with Gasteiger partial charge in [0.1, 0.15) is 11.1 Å². The quantitative estimate of drug-likeness (QED) is 0.360. The lowest BCUT2D eigenvalue weighted by Crippen LogP contribution is -2.25. The Morgan fingerprint density at radius 2 is 1.86 bits per heavy atom. The number of carbonyl (C=O) groups is 1. The number of nitrogens with zero attached hydrogens (tertiary/aromatic N) is 4. The first-order valence-electron chi connectivity index (χ1n) is 11.5. The van der Waals surface area contributed by atoms with E-state index in [9.17, 15) is 14.7 Å². The molecule has 0 aliphatic heterocycles. The monoisotopic (exact) mass is 501 g/mol. The Labute approximate surface area is 210 Å². The van der Waals surface area contributed by atoms with Gasteiger partial charge >= 0.3 is 0 Å². The zero-order valence-electron chi connectivity index (χ0n) is 20.3. The minimum absolute atomic E-state index is 0.0369. The van der Waals surface area contributed by atoms with Gasteiger partial charge in [-0.2, -0.15) is 5.10 Å². The summed E-state index contributed by atoms with van der Waals surface area (Å²) in [6, 6.07) is 16.2. The molecule has 0 bridgehead atoms. The number of aliphatic hydroxyl groups excluding tert-OH is 1. The fourth-order valence-corrected chi connectivity index (χ4v) is 4.26. The Morgan fingerprint density at radius 3 is 2.57 bits per heavy atom. The topological polar surface area (TPSA) is 103 Å². The first-order chi connectivity index (χ1) is 17.8. The van der Waals surface area contributed by atoms with E-state index in [1.807, 2.05) is 6.07 Å².